The molecular formula is C21H17FN4O. The summed E-state index contributed by atoms with van der Waals surface area (Å²) in [7, 11) is 0. The molecule has 0 spiro atoms. The molecule has 0 radical (unpaired) electrons. The molecule has 6 heteroatoms. The lowest BCUT2D eigenvalue weighted by Crippen LogP contribution is -2.20. The van der Waals surface area contributed by atoms with Crippen LogP contribution in [0.2, 0.25) is 0 Å². The van der Waals surface area contributed by atoms with E-state index in [4.69, 9.17) is 4.52 Å². The van der Waals surface area contributed by atoms with Gasteiger partial charge in [-0.1, -0.05) is 35.5 Å². The molecule has 27 heavy (non-hydrogen) atoms. The normalized spacial score (nSPS) is 16.9. The van der Waals surface area contributed by atoms with Gasteiger partial charge in [0, 0.05) is 24.6 Å². The quantitative estimate of drug-likeness (QED) is 0.541. The monoisotopic (exact) mass is 360 g/mol. The van der Waals surface area contributed by atoms with Crippen molar-refractivity contribution < 1.29 is 8.91 Å². The lowest BCUT2D eigenvalue weighted by atomic mass is 9.99. The van der Waals surface area contributed by atoms with Crippen LogP contribution in [0.1, 0.15) is 17.9 Å². The van der Waals surface area contributed by atoms with Crippen molar-refractivity contribution in [2.24, 2.45) is 0 Å². The Labute approximate surface area is 155 Å². The van der Waals surface area contributed by atoms with Crippen LogP contribution in [0.3, 0.4) is 0 Å². The van der Waals surface area contributed by atoms with Gasteiger partial charge in [0.25, 0.3) is 5.71 Å². The van der Waals surface area contributed by atoms with Gasteiger partial charge in [0.2, 0.25) is 0 Å². The molecule has 2 aromatic carbocycles. The number of aromatic nitrogens is 3. The summed E-state index contributed by atoms with van der Waals surface area (Å²) < 4.78 is 18.7. The first kappa shape index (κ1) is 15.9. The minimum atomic E-state index is -0.284. The van der Waals surface area contributed by atoms with Crippen molar-refractivity contribution >= 4 is 16.9 Å². The number of halogens is 1. The second-order valence-electron chi connectivity index (χ2n) is 6.76. The maximum Gasteiger partial charge on any atom is 0.263 e. The van der Waals surface area contributed by atoms with Crippen LogP contribution in [-0.4, -0.2) is 28.2 Å². The molecule has 4 aromatic rings. The van der Waals surface area contributed by atoms with Gasteiger partial charge in [-0.05, 0) is 36.2 Å². The van der Waals surface area contributed by atoms with Gasteiger partial charge in [0.1, 0.15) is 29.0 Å². The third-order valence-corrected chi connectivity index (χ3v) is 5.13. The Kier molecular flexibility index (Phi) is 3.81. The molecule has 0 amide bonds. The Hall–Kier alpha value is -3.28. The predicted octanol–water partition coefficient (Wildman–Crippen LogP) is 4.42. The maximum atomic E-state index is 13.3. The Morgan fingerprint density at radius 1 is 1.00 bits per heavy atom. The zero-order valence-electron chi connectivity index (χ0n) is 14.5. The number of hydrogen-bond donors (Lipinski definition) is 0. The van der Waals surface area contributed by atoms with Gasteiger partial charge in [-0.15, -0.1) is 0 Å². The first-order chi connectivity index (χ1) is 13.3. The molecule has 1 unspecified atom stereocenters. The third-order valence-electron chi connectivity index (χ3n) is 5.13. The number of anilines is 1. The zero-order valence-corrected chi connectivity index (χ0v) is 14.5. The summed E-state index contributed by atoms with van der Waals surface area (Å²) in [5.74, 6) is 0.998. The fourth-order valence-corrected chi connectivity index (χ4v) is 3.77. The van der Waals surface area contributed by atoms with E-state index >= 15 is 0 Å². The molecule has 3 heterocycles. The first-order valence-corrected chi connectivity index (χ1v) is 8.96. The summed E-state index contributed by atoms with van der Waals surface area (Å²) in [4.78, 5) is 11.0. The van der Waals surface area contributed by atoms with Crippen molar-refractivity contribution in [3.8, 4) is 11.3 Å². The van der Waals surface area contributed by atoms with E-state index in [0.29, 0.717) is 17.3 Å². The smallest absolute Gasteiger partial charge is 0.263 e. The highest BCUT2D eigenvalue weighted by Crippen LogP contribution is 2.37. The zero-order chi connectivity index (χ0) is 18.2. The Balaban J connectivity index is 1.54. The standard InChI is InChI=1S/C21H17FN4O/c22-17-8-6-15(7-9-17)19-18-20(23-13-24-21(18)27-25-19)26-11-10-16(12-26)14-4-2-1-3-5-14/h1-9,13,16H,10-12H2. The van der Waals surface area contributed by atoms with Crippen LogP contribution in [0, 0.1) is 5.82 Å². The summed E-state index contributed by atoms with van der Waals surface area (Å²) in [5.41, 5.74) is 3.21. The summed E-state index contributed by atoms with van der Waals surface area (Å²) >= 11 is 0. The highest BCUT2D eigenvalue weighted by Gasteiger charge is 2.28. The molecule has 134 valence electrons. The molecule has 0 N–H and O–H groups in total. The molecule has 1 atom stereocenters. The van der Waals surface area contributed by atoms with Crippen molar-refractivity contribution in [3.63, 3.8) is 0 Å². The van der Waals surface area contributed by atoms with E-state index in [1.165, 1.54) is 24.0 Å². The number of fused-ring (bicyclic) bond motifs is 1. The van der Waals surface area contributed by atoms with E-state index in [1.54, 1.807) is 12.1 Å². The third kappa shape index (κ3) is 2.83. The van der Waals surface area contributed by atoms with Crippen LogP contribution in [-0.2, 0) is 0 Å². The van der Waals surface area contributed by atoms with Crippen LogP contribution in [0.15, 0.2) is 65.4 Å². The van der Waals surface area contributed by atoms with E-state index in [0.717, 1.165) is 36.3 Å². The molecule has 2 aromatic heterocycles. The van der Waals surface area contributed by atoms with E-state index in [9.17, 15) is 4.39 Å². The average Bonchev–Trinajstić information content (AvgIpc) is 3.37. The van der Waals surface area contributed by atoms with Crippen molar-refractivity contribution in [1.82, 2.24) is 15.1 Å². The van der Waals surface area contributed by atoms with Crippen molar-refractivity contribution in [2.75, 3.05) is 18.0 Å². The molecule has 1 fully saturated rings. The molecule has 1 aliphatic heterocycles. The number of nitrogens with zero attached hydrogens (tertiary/aromatic N) is 4. The van der Waals surface area contributed by atoms with Crippen LogP contribution in [0.4, 0.5) is 10.2 Å². The highest BCUT2D eigenvalue weighted by molar-refractivity contribution is 5.97. The fourth-order valence-electron chi connectivity index (χ4n) is 3.77. The van der Waals surface area contributed by atoms with Crippen LogP contribution >= 0.6 is 0 Å². The van der Waals surface area contributed by atoms with Gasteiger partial charge >= 0.3 is 0 Å². The van der Waals surface area contributed by atoms with Gasteiger partial charge in [0.15, 0.2) is 0 Å². The lowest BCUT2D eigenvalue weighted by molar-refractivity contribution is 0.451. The SMILES string of the molecule is Fc1ccc(-c2noc3ncnc(N4CCC(c5ccccc5)C4)c23)cc1. The minimum Gasteiger partial charge on any atom is -0.355 e. The second-order valence-corrected chi connectivity index (χ2v) is 6.76. The first-order valence-electron chi connectivity index (χ1n) is 8.96. The van der Waals surface area contributed by atoms with Gasteiger partial charge in [-0.25, -0.2) is 9.37 Å². The number of hydrogen-bond acceptors (Lipinski definition) is 5. The number of rotatable bonds is 3. The minimum absolute atomic E-state index is 0.284. The van der Waals surface area contributed by atoms with Gasteiger partial charge in [-0.2, -0.15) is 4.98 Å². The predicted molar refractivity (Wildman–Crippen MR) is 101 cm³/mol. The average molecular weight is 360 g/mol. The summed E-state index contributed by atoms with van der Waals surface area (Å²) in [5, 5.41) is 4.95. The lowest BCUT2D eigenvalue weighted by Gasteiger charge is -2.18. The summed E-state index contributed by atoms with van der Waals surface area (Å²) in [6.07, 6.45) is 2.57. The number of benzene rings is 2. The van der Waals surface area contributed by atoms with Crippen LogP contribution in [0.5, 0.6) is 0 Å². The molecule has 5 rings (SSSR count). The Morgan fingerprint density at radius 2 is 1.81 bits per heavy atom. The summed E-state index contributed by atoms with van der Waals surface area (Å²) in [6.45, 7) is 1.78. The largest absolute Gasteiger partial charge is 0.355 e. The van der Waals surface area contributed by atoms with Gasteiger partial charge < -0.3 is 9.42 Å². The fraction of sp³-hybridized carbons (Fsp3) is 0.190. The van der Waals surface area contributed by atoms with Crippen molar-refractivity contribution in [2.45, 2.75) is 12.3 Å². The Bertz CT molecular complexity index is 1080. The molecule has 5 nitrogen and oxygen atoms in total. The Morgan fingerprint density at radius 3 is 2.63 bits per heavy atom. The molecule has 1 aliphatic rings. The topological polar surface area (TPSA) is 55.1 Å². The molecule has 0 aliphatic carbocycles. The van der Waals surface area contributed by atoms with E-state index < -0.39 is 0 Å². The second kappa shape index (κ2) is 6.46. The molecule has 0 saturated carbocycles. The van der Waals surface area contributed by atoms with Crippen molar-refractivity contribution in [3.05, 3.63) is 72.3 Å². The van der Waals surface area contributed by atoms with E-state index in [2.05, 4.69) is 44.3 Å². The molecular weight excluding hydrogens is 343 g/mol. The van der Waals surface area contributed by atoms with Crippen molar-refractivity contribution in [1.29, 1.82) is 0 Å². The molecule has 0 bridgehead atoms. The van der Waals surface area contributed by atoms with Gasteiger partial charge in [0.05, 0.1) is 0 Å². The summed E-state index contributed by atoms with van der Waals surface area (Å²) in [6, 6.07) is 16.8. The van der Waals surface area contributed by atoms with E-state index in [1.807, 2.05) is 6.07 Å². The maximum absolute atomic E-state index is 13.3. The van der Waals surface area contributed by atoms with Gasteiger partial charge in [-0.3, -0.25) is 0 Å². The molecule has 1 saturated heterocycles. The van der Waals surface area contributed by atoms with E-state index in [-0.39, 0.29) is 5.82 Å². The highest BCUT2D eigenvalue weighted by atomic mass is 19.1. The van der Waals surface area contributed by atoms with Crippen LogP contribution < -0.4 is 4.90 Å². The van der Waals surface area contributed by atoms with Crippen LogP contribution in [0.25, 0.3) is 22.4 Å².